The Kier molecular flexibility index (Phi) is 5.02. The predicted octanol–water partition coefficient (Wildman–Crippen LogP) is 4.30. The van der Waals surface area contributed by atoms with Crippen molar-refractivity contribution in [3.63, 3.8) is 0 Å². The number of piperidine rings is 1. The number of para-hydroxylation sites is 1. The highest BCUT2D eigenvalue weighted by molar-refractivity contribution is 9.10. The van der Waals surface area contributed by atoms with Crippen LogP contribution in [0, 0.1) is 0 Å². The summed E-state index contributed by atoms with van der Waals surface area (Å²) in [5, 5.41) is 9.17. The highest BCUT2D eigenvalue weighted by Crippen LogP contribution is 2.37. The molecule has 0 bridgehead atoms. The predicted molar refractivity (Wildman–Crippen MR) is 130 cm³/mol. The van der Waals surface area contributed by atoms with Gasteiger partial charge in [-0.15, -0.1) is 0 Å². The van der Waals surface area contributed by atoms with E-state index in [0.717, 1.165) is 45.0 Å². The molecule has 1 aliphatic rings. The van der Waals surface area contributed by atoms with Crippen molar-refractivity contribution in [2.45, 2.75) is 18.8 Å². The molecule has 1 fully saturated rings. The molecule has 0 spiro atoms. The molecule has 2 N–H and O–H groups in total. The van der Waals surface area contributed by atoms with E-state index < -0.39 is 0 Å². The second kappa shape index (κ2) is 8.21. The van der Waals surface area contributed by atoms with Gasteiger partial charge in [-0.2, -0.15) is 9.61 Å². The van der Waals surface area contributed by atoms with Crippen LogP contribution in [0.25, 0.3) is 27.7 Å². The number of hydrogen-bond acceptors (Lipinski definition) is 7. The number of carbonyl (C=O) groups is 1. The van der Waals surface area contributed by atoms with Gasteiger partial charge < -0.3 is 15.2 Å². The average Bonchev–Trinajstić information content (AvgIpc) is 3.56. The molecular formula is C24H20BrN7O2. The summed E-state index contributed by atoms with van der Waals surface area (Å²) in [6, 6.07) is 10.1. The van der Waals surface area contributed by atoms with Gasteiger partial charge in [-0.05, 0) is 40.9 Å². The number of anilines is 1. The maximum absolute atomic E-state index is 12.6. The van der Waals surface area contributed by atoms with Gasteiger partial charge in [0, 0.05) is 41.7 Å². The van der Waals surface area contributed by atoms with E-state index in [1.54, 1.807) is 10.7 Å². The van der Waals surface area contributed by atoms with Crippen molar-refractivity contribution in [1.29, 1.82) is 0 Å². The quantitative estimate of drug-likeness (QED) is 0.379. The largest absolute Gasteiger partial charge is 0.383 e. The van der Waals surface area contributed by atoms with E-state index in [1.165, 1.54) is 12.5 Å². The zero-order valence-electron chi connectivity index (χ0n) is 18.1. The smallest absolute Gasteiger partial charge is 0.258 e. The Bertz CT molecular complexity index is 1520. The van der Waals surface area contributed by atoms with Crippen LogP contribution in [-0.2, 0) is 0 Å². The zero-order valence-corrected chi connectivity index (χ0v) is 19.6. The first-order valence-corrected chi connectivity index (χ1v) is 11.8. The Balaban J connectivity index is 1.34. The van der Waals surface area contributed by atoms with Gasteiger partial charge in [0.15, 0.2) is 5.65 Å². The summed E-state index contributed by atoms with van der Waals surface area (Å²) in [4.78, 5) is 24.0. The molecule has 0 radical (unpaired) electrons. The molecule has 170 valence electrons. The molecule has 34 heavy (non-hydrogen) atoms. The molecule has 0 aliphatic carbocycles. The molecule has 1 aliphatic heterocycles. The summed E-state index contributed by atoms with van der Waals surface area (Å²) < 4.78 is 7.21. The molecule has 1 saturated heterocycles. The monoisotopic (exact) mass is 517 g/mol. The van der Waals surface area contributed by atoms with E-state index in [1.807, 2.05) is 35.4 Å². The van der Waals surface area contributed by atoms with Gasteiger partial charge in [-0.3, -0.25) is 9.78 Å². The zero-order chi connectivity index (χ0) is 23.2. The maximum atomic E-state index is 12.6. The lowest BCUT2D eigenvalue weighted by Gasteiger charge is -2.32. The van der Waals surface area contributed by atoms with Crippen LogP contribution in [-0.4, -0.2) is 48.6 Å². The number of nitrogen functional groups attached to an aromatic ring is 1. The second-order valence-corrected chi connectivity index (χ2v) is 9.18. The van der Waals surface area contributed by atoms with Crippen molar-refractivity contribution < 1.29 is 9.32 Å². The molecule has 0 unspecified atom stereocenters. The van der Waals surface area contributed by atoms with Crippen molar-refractivity contribution in [3.05, 3.63) is 70.9 Å². The molecular weight excluding hydrogens is 498 g/mol. The van der Waals surface area contributed by atoms with Crippen molar-refractivity contribution in [1.82, 2.24) is 29.6 Å². The number of amides is 1. The minimum atomic E-state index is -0.0661. The number of carbonyl (C=O) groups excluding carboxylic acids is 1. The minimum Gasteiger partial charge on any atom is -0.383 e. The third-order valence-corrected chi connectivity index (χ3v) is 7.21. The lowest BCUT2D eigenvalue weighted by Crippen LogP contribution is -2.38. The Labute approximate surface area is 202 Å². The van der Waals surface area contributed by atoms with Crippen molar-refractivity contribution in [3.8, 4) is 11.1 Å². The highest BCUT2D eigenvalue weighted by Gasteiger charge is 2.29. The van der Waals surface area contributed by atoms with Crippen LogP contribution in [0.1, 0.15) is 34.8 Å². The van der Waals surface area contributed by atoms with Gasteiger partial charge in [0.25, 0.3) is 5.91 Å². The summed E-state index contributed by atoms with van der Waals surface area (Å²) in [6.45, 7) is 1.24. The van der Waals surface area contributed by atoms with Crippen LogP contribution in [0.3, 0.4) is 0 Å². The van der Waals surface area contributed by atoms with E-state index >= 15 is 0 Å². The molecule has 9 nitrogen and oxygen atoms in total. The van der Waals surface area contributed by atoms with E-state index in [2.05, 4.69) is 37.2 Å². The number of pyridine rings is 1. The standard InChI is InChI=1S/C24H20BrN7O2/c25-20-21(14-5-7-31(8-6-14)24(33)17-11-29-34-13-17)30-23-18(12-28-32(23)22(20)26)16-9-15-3-1-2-4-19(15)27-10-16/h1-4,9-14H,5-8,26H2. The molecule has 5 heterocycles. The molecule has 1 amide bonds. The first-order valence-electron chi connectivity index (χ1n) is 11.0. The normalized spacial score (nSPS) is 14.8. The molecule has 0 saturated carbocycles. The molecule has 0 atom stereocenters. The summed E-state index contributed by atoms with van der Waals surface area (Å²) in [5.41, 5.74) is 11.3. The van der Waals surface area contributed by atoms with Gasteiger partial charge in [-0.25, -0.2) is 4.98 Å². The number of likely N-dealkylation sites (tertiary alicyclic amines) is 1. The van der Waals surface area contributed by atoms with Gasteiger partial charge in [-0.1, -0.05) is 23.4 Å². The van der Waals surface area contributed by atoms with Crippen LogP contribution in [0.2, 0.25) is 0 Å². The van der Waals surface area contributed by atoms with Gasteiger partial charge in [0.05, 0.1) is 33.6 Å². The number of halogens is 1. The number of rotatable bonds is 3. The van der Waals surface area contributed by atoms with Crippen molar-refractivity contribution in [2.24, 2.45) is 0 Å². The molecule has 10 heteroatoms. The number of benzene rings is 1. The van der Waals surface area contributed by atoms with Gasteiger partial charge in [0.1, 0.15) is 12.1 Å². The summed E-state index contributed by atoms with van der Waals surface area (Å²) in [6.07, 6.45) is 8.00. The van der Waals surface area contributed by atoms with E-state index in [4.69, 9.17) is 15.2 Å². The number of nitrogens with two attached hydrogens (primary N) is 1. The van der Waals surface area contributed by atoms with Gasteiger partial charge >= 0.3 is 0 Å². The molecule has 6 rings (SSSR count). The topological polar surface area (TPSA) is 115 Å². The van der Waals surface area contributed by atoms with Crippen molar-refractivity contribution >= 4 is 44.2 Å². The van der Waals surface area contributed by atoms with Crippen LogP contribution in [0.15, 0.2) is 64.2 Å². The second-order valence-electron chi connectivity index (χ2n) is 8.39. The third kappa shape index (κ3) is 3.41. The number of fused-ring (bicyclic) bond motifs is 2. The fraction of sp³-hybridized carbons (Fsp3) is 0.208. The molecule has 1 aromatic carbocycles. The first-order chi connectivity index (χ1) is 16.6. The van der Waals surface area contributed by atoms with Crippen LogP contribution in [0.5, 0.6) is 0 Å². The minimum absolute atomic E-state index is 0.0661. The SMILES string of the molecule is Nc1c(Br)c(C2CCN(C(=O)c3cnoc3)CC2)nc2c(-c3cnc4ccccc4c3)cnn12. The molecule has 4 aromatic heterocycles. The number of aromatic nitrogens is 5. The van der Waals surface area contributed by atoms with E-state index in [-0.39, 0.29) is 11.8 Å². The van der Waals surface area contributed by atoms with Crippen LogP contribution < -0.4 is 5.73 Å². The number of nitrogens with zero attached hydrogens (tertiary/aromatic N) is 6. The Morgan fingerprint density at radius 3 is 2.76 bits per heavy atom. The van der Waals surface area contributed by atoms with Crippen LogP contribution in [0.4, 0.5) is 5.82 Å². The van der Waals surface area contributed by atoms with E-state index in [9.17, 15) is 4.79 Å². The van der Waals surface area contributed by atoms with E-state index in [0.29, 0.717) is 30.1 Å². The van der Waals surface area contributed by atoms with Gasteiger partial charge in [0.2, 0.25) is 0 Å². The fourth-order valence-corrected chi connectivity index (χ4v) is 5.14. The Morgan fingerprint density at radius 1 is 1.15 bits per heavy atom. The summed E-state index contributed by atoms with van der Waals surface area (Å²) >= 11 is 3.65. The first kappa shape index (κ1) is 20.8. The lowest BCUT2D eigenvalue weighted by molar-refractivity contribution is 0.0711. The molecule has 5 aromatic rings. The number of hydrogen-bond donors (Lipinski definition) is 1. The third-order valence-electron chi connectivity index (χ3n) is 6.40. The maximum Gasteiger partial charge on any atom is 0.258 e. The summed E-state index contributed by atoms with van der Waals surface area (Å²) in [7, 11) is 0. The average molecular weight is 518 g/mol. The summed E-state index contributed by atoms with van der Waals surface area (Å²) in [5.74, 6) is 0.595. The Morgan fingerprint density at radius 2 is 1.97 bits per heavy atom. The highest BCUT2D eigenvalue weighted by atomic mass is 79.9. The Hall–Kier alpha value is -3.79. The van der Waals surface area contributed by atoms with Crippen LogP contribution >= 0.6 is 15.9 Å². The lowest BCUT2D eigenvalue weighted by atomic mass is 9.92. The fourth-order valence-electron chi connectivity index (χ4n) is 4.55. The van der Waals surface area contributed by atoms with Crippen molar-refractivity contribution in [2.75, 3.05) is 18.8 Å².